The Morgan fingerprint density at radius 1 is 0.880 bits per heavy atom. The van der Waals surface area contributed by atoms with E-state index in [1.807, 2.05) is 0 Å². The second-order valence-corrected chi connectivity index (χ2v) is 7.62. The van der Waals surface area contributed by atoms with E-state index in [1.54, 1.807) is 0 Å². The number of nitrogens with zero attached hydrogens (tertiary/aromatic N) is 2. The summed E-state index contributed by atoms with van der Waals surface area (Å²) in [7, 11) is 0. The van der Waals surface area contributed by atoms with E-state index in [1.165, 1.54) is 41.1 Å². The number of aliphatic hydroxyl groups is 1. The van der Waals surface area contributed by atoms with Crippen LogP contribution < -0.4 is 0 Å². The maximum absolute atomic E-state index is 10.9. The number of fused-ring (bicyclic) bond motifs is 3. The lowest BCUT2D eigenvalue weighted by molar-refractivity contribution is 0.0357. The fourth-order valence-corrected chi connectivity index (χ4v) is 4.55. The standard InChI is InChI=1S/C22H28N2O/c1-16-8-7-9-17(2)23(16)14-18(25)15-24-21-12-5-3-10-19(21)20-11-4-6-13-22(20)24/h3-6,10-13,16-18,25H,7-9,14-15H2,1-2H3/t16-,17+,18-/m1/s1. The van der Waals surface area contributed by atoms with Crippen LogP contribution in [0.4, 0.5) is 0 Å². The van der Waals surface area contributed by atoms with E-state index in [-0.39, 0.29) is 6.10 Å². The average Bonchev–Trinajstić information content (AvgIpc) is 2.93. The Kier molecular flexibility index (Phi) is 4.53. The fraction of sp³-hybridized carbons (Fsp3) is 0.455. The second kappa shape index (κ2) is 6.81. The largest absolute Gasteiger partial charge is 0.390 e. The molecule has 1 aliphatic rings. The molecule has 0 spiro atoms. The number of hydrogen-bond donors (Lipinski definition) is 1. The van der Waals surface area contributed by atoms with Crippen molar-refractivity contribution in [1.82, 2.24) is 9.47 Å². The third kappa shape index (κ3) is 3.07. The zero-order chi connectivity index (χ0) is 17.4. The Labute approximate surface area is 149 Å². The second-order valence-electron chi connectivity index (χ2n) is 7.62. The molecule has 0 unspecified atom stereocenters. The van der Waals surface area contributed by atoms with Crippen molar-refractivity contribution in [2.24, 2.45) is 0 Å². The summed E-state index contributed by atoms with van der Waals surface area (Å²) in [6.07, 6.45) is 3.43. The molecule has 0 bridgehead atoms. The van der Waals surface area contributed by atoms with Gasteiger partial charge in [-0.05, 0) is 38.8 Å². The van der Waals surface area contributed by atoms with Gasteiger partial charge in [-0.1, -0.05) is 42.8 Å². The lowest BCUT2D eigenvalue weighted by atomic mass is 9.97. The van der Waals surface area contributed by atoms with Gasteiger partial charge in [0.2, 0.25) is 0 Å². The monoisotopic (exact) mass is 336 g/mol. The van der Waals surface area contributed by atoms with Crippen molar-refractivity contribution in [1.29, 1.82) is 0 Å². The van der Waals surface area contributed by atoms with Crippen LogP contribution in [0.3, 0.4) is 0 Å². The summed E-state index contributed by atoms with van der Waals surface area (Å²) in [6, 6.07) is 18.2. The number of aromatic nitrogens is 1. The summed E-state index contributed by atoms with van der Waals surface area (Å²) in [6.45, 7) is 5.98. The molecule has 3 nitrogen and oxygen atoms in total. The maximum atomic E-state index is 10.9. The van der Waals surface area contributed by atoms with Crippen molar-refractivity contribution in [2.75, 3.05) is 6.54 Å². The molecule has 0 aliphatic carbocycles. The average molecular weight is 336 g/mol. The van der Waals surface area contributed by atoms with Gasteiger partial charge >= 0.3 is 0 Å². The molecule has 1 fully saturated rings. The topological polar surface area (TPSA) is 28.4 Å². The molecule has 25 heavy (non-hydrogen) atoms. The predicted octanol–water partition coefficient (Wildman–Crippen LogP) is 4.42. The van der Waals surface area contributed by atoms with Gasteiger partial charge in [-0.3, -0.25) is 4.90 Å². The van der Waals surface area contributed by atoms with Crippen LogP contribution in [0.1, 0.15) is 33.1 Å². The fourth-order valence-electron chi connectivity index (χ4n) is 4.55. The molecule has 2 aromatic carbocycles. The van der Waals surface area contributed by atoms with E-state index in [9.17, 15) is 5.11 Å². The lowest BCUT2D eigenvalue weighted by Gasteiger charge is -2.40. The molecule has 3 atom stereocenters. The van der Waals surface area contributed by atoms with Crippen LogP contribution in [0.2, 0.25) is 0 Å². The SMILES string of the molecule is C[C@@H]1CCC[C@H](C)N1C[C@@H](O)Cn1c2ccccc2c2ccccc21. The molecule has 4 rings (SSSR count). The first kappa shape index (κ1) is 16.6. The zero-order valence-electron chi connectivity index (χ0n) is 15.2. The molecule has 0 radical (unpaired) electrons. The van der Waals surface area contributed by atoms with Crippen molar-refractivity contribution >= 4 is 21.8 Å². The molecule has 3 aromatic rings. The number of para-hydroxylation sites is 2. The first-order chi connectivity index (χ1) is 12.1. The Hall–Kier alpha value is -1.84. The number of aliphatic hydroxyl groups excluding tert-OH is 1. The number of β-amino-alcohol motifs (C(OH)–C–C–N with tert-alkyl or cyclic N) is 1. The highest BCUT2D eigenvalue weighted by molar-refractivity contribution is 6.07. The van der Waals surface area contributed by atoms with Gasteiger partial charge in [0.15, 0.2) is 0 Å². The highest BCUT2D eigenvalue weighted by atomic mass is 16.3. The summed E-state index contributed by atoms with van der Waals surface area (Å²) in [5.41, 5.74) is 2.42. The Morgan fingerprint density at radius 3 is 1.96 bits per heavy atom. The van der Waals surface area contributed by atoms with Crippen molar-refractivity contribution in [3.05, 3.63) is 48.5 Å². The third-order valence-electron chi connectivity index (χ3n) is 5.87. The first-order valence-electron chi connectivity index (χ1n) is 9.55. The van der Waals surface area contributed by atoms with E-state index in [4.69, 9.17) is 0 Å². The molecule has 1 aromatic heterocycles. The van der Waals surface area contributed by atoms with Crippen LogP contribution >= 0.6 is 0 Å². The predicted molar refractivity (Wildman–Crippen MR) is 105 cm³/mol. The van der Waals surface area contributed by atoms with E-state index in [0.717, 1.165) is 6.54 Å². The van der Waals surface area contributed by atoms with Gasteiger partial charge in [0.25, 0.3) is 0 Å². The molecular formula is C22H28N2O. The van der Waals surface area contributed by atoms with E-state index >= 15 is 0 Å². The van der Waals surface area contributed by atoms with E-state index < -0.39 is 0 Å². The minimum absolute atomic E-state index is 0.359. The number of likely N-dealkylation sites (tertiary alicyclic amines) is 1. The number of hydrogen-bond acceptors (Lipinski definition) is 2. The summed E-state index contributed by atoms with van der Waals surface area (Å²) in [5, 5.41) is 13.4. The number of rotatable bonds is 4. The normalized spacial score (nSPS) is 23.3. The Morgan fingerprint density at radius 2 is 1.40 bits per heavy atom. The van der Waals surface area contributed by atoms with Crippen molar-refractivity contribution in [3.8, 4) is 0 Å². The highest BCUT2D eigenvalue weighted by Gasteiger charge is 2.26. The molecule has 0 saturated carbocycles. The molecular weight excluding hydrogens is 308 g/mol. The van der Waals surface area contributed by atoms with Gasteiger partial charge in [-0.2, -0.15) is 0 Å². The van der Waals surface area contributed by atoms with Crippen LogP contribution in [0.25, 0.3) is 21.8 Å². The first-order valence-corrected chi connectivity index (χ1v) is 9.55. The van der Waals surface area contributed by atoms with Crippen LogP contribution in [0.5, 0.6) is 0 Å². The van der Waals surface area contributed by atoms with E-state index in [2.05, 4.69) is 71.8 Å². The third-order valence-corrected chi connectivity index (χ3v) is 5.87. The minimum Gasteiger partial charge on any atom is -0.390 e. The summed E-state index contributed by atoms with van der Waals surface area (Å²) in [4.78, 5) is 2.49. The Balaban J connectivity index is 1.63. The molecule has 0 amide bonds. The van der Waals surface area contributed by atoms with Crippen LogP contribution in [0, 0.1) is 0 Å². The number of benzene rings is 2. The van der Waals surface area contributed by atoms with Gasteiger partial charge in [-0.15, -0.1) is 0 Å². The van der Waals surface area contributed by atoms with Gasteiger partial charge in [0.05, 0.1) is 12.6 Å². The smallest absolute Gasteiger partial charge is 0.0846 e. The van der Waals surface area contributed by atoms with E-state index in [0.29, 0.717) is 18.6 Å². The van der Waals surface area contributed by atoms with Gasteiger partial charge in [0, 0.05) is 40.4 Å². The summed E-state index contributed by atoms with van der Waals surface area (Å²) < 4.78 is 2.29. The van der Waals surface area contributed by atoms with Crippen molar-refractivity contribution in [3.63, 3.8) is 0 Å². The lowest BCUT2D eigenvalue weighted by Crippen LogP contribution is -2.48. The minimum atomic E-state index is -0.359. The molecule has 1 saturated heterocycles. The number of piperidine rings is 1. The maximum Gasteiger partial charge on any atom is 0.0846 e. The van der Waals surface area contributed by atoms with Crippen LogP contribution in [-0.2, 0) is 6.54 Å². The molecule has 132 valence electrons. The zero-order valence-corrected chi connectivity index (χ0v) is 15.2. The quantitative estimate of drug-likeness (QED) is 0.764. The molecule has 3 heteroatoms. The molecule has 2 heterocycles. The van der Waals surface area contributed by atoms with Gasteiger partial charge < -0.3 is 9.67 Å². The molecule has 1 N–H and O–H groups in total. The summed E-state index contributed by atoms with van der Waals surface area (Å²) in [5.74, 6) is 0. The summed E-state index contributed by atoms with van der Waals surface area (Å²) >= 11 is 0. The van der Waals surface area contributed by atoms with Crippen LogP contribution in [-0.4, -0.2) is 39.3 Å². The van der Waals surface area contributed by atoms with Gasteiger partial charge in [0.1, 0.15) is 0 Å². The highest BCUT2D eigenvalue weighted by Crippen LogP contribution is 2.29. The molecule has 1 aliphatic heterocycles. The van der Waals surface area contributed by atoms with Crippen LogP contribution in [0.15, 0.2) is 48.5 Å². The van der Waals surface area contributed by atoms with Crippen molar-refractivity contribution in [2.45, 2.75) is 57.8 Å². The van der Waals surface area contributed by atoms with Gasteiger partial charge in [-0.25, -0.2) is 0 Å². The van der Waals surface area contributed by atoms with Crippen molar-refractivity contribution < 1.29 is 5.11 Å². The Bertz CT molecular complexity index is 805.